The summed E-state index contributed by atoms with van der Waals surface area (Å²) in [4.78, 5) is 0. The average molecular weight is 292 g/mol. The normalized spacial score (nSPS) is 28.5. The molecule has 0 aromatic heterocycles. The molecular formula is C13H24O5S. The van der Waals surface area contributed by atoms with Gasteiger partial charge in [-0.05, 0) is 39.5 Å². The zero-order valence-electron chi connectivity index (χ0n) is 12.0. The van der Waals surface area contributed by atoms with Crippen LogP contribution in [-0.4, -0.2) is 38.3 Å². The molecule has 0 bridgehead atoms. The van der Waals surface area contributed by atoms with Crippen LogP contribution >= 0.6 is 0 Å². The molecular weight excluding hydrogens is 268 g/mol. The van der Waals surface area contributed by atoms with Crippen molar-refractivity contribution >= 4 is 10.1 Å². The summed E-state index contributed by atoms with van der Waals surface area (Å²) in [6.45, 7) is 6.44. The third-order valence-corrected chi connectivity index (χ3v) is 5.85. The van der Waals surface area contributed by atoms with Crippen LogP contribution in [0.3, 0.4) is 0 Å². The number of hydrogen-bond acceptors (Lipinski definition) is 5. The molecule has 2 aliphatic rings. The molecule has 6 heteroatoms. The van der Waals surface area contributed by atoms with E-state index in [9.17, 15) is 8.42 Å². The number of hydrogen-bond donors (Lipinski definition) is 0. The van der Waals surface area contributed by atoms with E-state index in [1.807, 2.05) is 20.8 Å². The third kappa shape index (κ3) is 3.48. The van der Waals surface area contributed by atoms with Gasteiger partial charge in [-0.2, -0.15) is 8.42 Å². The van der Waals surface area contributed by atoms with Gasteiger partial charge in [-0.3, -0.25) is 4.18 Å². The van der Waals surface area contributed by atoms with Crippen molar-refractivity contribution in [2.75, 3.05) is 13.2 Å². The van der Waals surface area contributed by atoms with Gasteiger partial charge in [0.25, 0.3) is 10.1 Å². The molecule has 1 aliphatic heterocycles. The lowest BCUT2D eigenvalue weighted by molar-refractivity contribution is -0.139. The molecule has 5 nitrogen and oxygen atoms in total. The number of unbranched alkanes of at least 4 members (excludes halogenated alkanes) is 1. The molecule has 1 heterocycles. The fourth-order valence-electron chi connectivity index (χ4n) is 2.41. The van der Waals surface area contributed by atoms with Crippen LogP contribution in [0.4, 0.5) is 0 Å². The minimum Gasteiger partial charge on any atom is -0.348 e. The summed E-state index contributed by atoms with van der Waals surface area (Å²) in [6, 6.07) is 0. The molecule has 0 aromatic carbocycles. The summed E-state index contributed by atoms with van der Waals surface area (Å²) in [6.07, 6.45) is 3.36. The highest BCUT2D eigenvalue weighted by Crippen LogP contribution is 2.49. The van der Waals surface area contributed by atoms with Crippen molar-refractivity contribution in [2.45, 2.75) is 69.5 Å². The highest BCUT2D eigenvalue weighted by molar-refractivity contribution is 7.88. The molecule has 1 saturated carbocycles. The summed E-state index contributed by atoms with van der Waals surface area (Å²) in [5.74, 6) is -0.604. The van der Waals surface area contributed by atoms with Gasteiger partial charge >= 0.3 is 0 Å². The van der Waals surface area contributed by atoms with Crippen molar-refractivity contribution in [3.8, 4) is 0 Å². The second-order valence-corrected chi connectivity index (χ2v) is 7.98. The lowest BCUT2D eigenvalue weighted by Crippen LogP contribution is -2.32. The van der Waals surface area contributed by atoms with Gasteiger partial charge in [-0.1, -0.05) is 13.3 Å². The van der Waals surface area contributed by atoms with Gasteiger partial charge in [-0.15, -0.1) is 0 Å². The van der Waals surface area contributed by atoms with Crippen molar-refractivity contribution in [1.82, 2.24) is 0 Å². The molecule has 1 aliphatic carbocycles. The first kappa shape index (κ1) is 15.2. The van der Waals surface area contributed by atoms with E-state index in [0.717, 1.165) is 12.8 Å². The Bertz CT molecular complexity index is 411. The van der Waals surface area contributed by atoms with Gasteiger partial charge < -0.3 is 9.47 Å². The Kier molecular flexibility index (Phi) is 4.26. The van der Waals surface area contributed by atoms with Crippen molar-refractivity contribution in [3.63, 3.8) is 0 Å². The Hall–Kier alpha value is -0.170. The van der Waals surface area contributed by atoms with Crippen molar-refractivity contribution < 1.29 is 22.1 Å². The molecule has 1 unspecified atom stereocenters. The fourth-order valence-corrected chi connectivity index (χ4v) is 3.99. The number of ether oxygens (including phenoxy) is 2. The first-order valence-electron chi connectivity index (χ1n) is 7.01. The van der Waals surface area contributed by atoms with Crippen molar-refractivity contribution in [1.29, 1.82) is 0 Å². The monoisotopic (exact) mass is 292 g/mol. The standard InChI is InChI=1S/C13H24O5S/c1-4-5-8-17-19(14,15)13(6-7-13)9-11-10-16-12(2,3)18-11/h11H,4-10H2,1-3H3. The Labute approximate surface area is 115 Å². The minimum absolute atomic E-state index is 0.151. The number of rotatable bonds is 7. The van der Waals surface area contributed by atoms with E-state index in [-0.39, 0.29) is 12.7 Å². The van der Waals surface area contributed by atoms with Gasteiger partial charge in [0.15, 0.2) is 5.79 Å². The predicted octanol–water partition coefficient (Wildman–Crippen LogP) is 2.21. The van der Waals surface area contributed by atoms with E-state index in [2.05, 4.69) is 0 Å². The lowest BCUT2D eigenvalue weighted by atomic mass is 10.2. The van der Waals surface area contributed by atoms with Gasteiger partial charge in [0.1, 0.15) is 4.75 Å². The zero-order valence-corrected chi connectivity index (χ0v) is 12.8. The van der Waals surface area contributed by atoms with Gasteiger partial charge in [0.2, 0.25) is 0 Å². The van der Waals surface area contributed by atoms with E-state index >= 15 is 0 Å². The Morgan fingerprint density at radius 3 is 2.47 bits per heavy atom. The quantitative estimate of drug-likeness (QED) is 0.532. The smallest absolute Gasteiger partial charge is 0.273 e. The van der Waals surface area contributed by atoms with E-state index in [0.29, 0.717) is 25.9 Å². The molecule has 2 rings (SSSR count). The molecule has 0 N–H and O–H groups in total. The molecule has 0 radical (unpaired) electrons. The molecule has 1 saturated heterocycles. The summed E-state index contributed by atoms with van der Waals surface area (Å²) in [5.41, 5.74) is 0. The third-order valence-electron chi connectivity index (χ3n) is 3.74. The lowest BCUT2D eigenvalue weighted by Gasteiger charge is -2.21. The van der Waals surface area contributed by atoms with Gasteiger partial charge in [0, 0.05) is 0 Å². The highest BCUT2D eigenvalue weighted by Gasteiger charge is 2.57. The largest absolute Gasteiger partial charge is 0.348 e. The molecule has 0 amide bonds. The average Bonchev–Trinajstić information content (AvgIpc) is 3.00. The molecule has 1 atom stereocenters. The summed E-state index contributed by atoms with van der Waals surface area (Å²) < 4.78 is 40.0. The van der Waals surface area contributed by atoms with E-state index in [1.54, 1.807) is 0 Å². The van der Waals surface area contributed by atoms with Crippen LogP contribution in [0.1, 0.15) is 52.9 Å². The summed E-state index contributed by atoms with van der Waals surface area (Å²) >= 11 is 0. The van der Waals surface area contributed by atoms with Crippen molar-refractivity contribution in [3.05, 3.63) is 0 Å². The van der Waals surface area contributed by atoms with Gasteiger partial charge in [-0.25, -0.2) is 0 Å². The Morgan fingerprint density at radius 2 is 2.00 bits per heavy atom. The summed E-state index contributed by atoms with van der Waals surface area (Å²) in [7, 11) is -3.48. The molecule has 0 aromatic rings. The summed E-state index contributed by atoms with van der Waals surface area (Å²) in [5, 5.41) is 0. The van der Waals surface area contributed by atoms with Crippen LogP contribution in [0, 0.1) is 0 Å². The fraction of sp³-hybridized carbons (Fsp3) is 1.00. The van der Waals surface area contributed by atoms with E-state index in [4.69, 9.17) is 13.7 Å². The van der Waals surface area contributed by atoms with Crippen LogP contribution in [0.25, 0.3) is 0 Å². The zero-order chi connectivity index (χ0) is 14.1. The van der Waals surface area contributed by atoms with E-state index in [1.165, 1.54) is 0 Å². The topological polar surface area (TPSA) is 61.8 Å². The van der Waals surface area contributed by atoms with Gasteiger partial charge in [0.05, 0.1) is 19.3 Å². The molecule has 112 valence electrons. The van der Waals surface area contributed by atoms with Crippen LogP contribution in [0.5, 0.6) is 0 Å². The molecule has 19 heavy (non-hydrogen) atoms. The minimum atomic E-state index is -3.48. The maximum absolute atomic E-state index is 12.2. The van der Waals surface area contributed by atoms with Crippen LogP contribution < -0.4 is 0 Å². The second kappa shape index (κ2) is 5.31. The van der Waals surface area contributed by atoms with Crippen LogP contribution in [0.2, 0.25) is 0 Å². The first-order chi connectivity index (χ1) is 8.80. The van der Waals surface area contributed by atoms with Crippen molar-refractivity contribution in [2.24, 2.45) is 0 Å². The first-order valence-corrected chi connectivity index (χ1v) is 8.42. The highest BCUT2D eigenvalue weighted by atomic mass is 32.2. The molecule has 2 fully saturated rings. The maximum Gasteiger partial charge on any atom is 0.273 e. The van der Waals surface area contributed by atoms with E-state index < -0.39 is 20.7 Å². The maximum atomic E-state index is 12.2. The van der Waals surface area contributed by atoms with Crippen LogP contribution in [0.15, 0.2) is 0 Å². The SMILES string of the molecule is CCCCOS(=O)(=O)C1(CC2COC(C)(C)O2)CC1. The van der Waals surface area contributed by atoms with Crippen LogP contribution in [-0.2, 0) is 23.8 Å². The Morgan fingerprint density at radius 1 is 1.32 bits per heavy atom. The molecule has 0 spiro atoms. The Balaban J connectivity index is 1.92. The predicted molar refractivity (Wildman–Crippen MR) is 71.3 cm³/mol. The second-order valence-electron chi connectivity index (χ2n) is 5.97.